The first-order valence-electron chi connectivity index (χ1n) is 9.77. The van der Waals surface area contributed by atoms with Gasteiger partial charge < -0.3 is 4.90 Å². The Kier molecular flexibility index (Phi) is 5.45. The number of fused-ring (bicyclic) bond motifs is 1. The Hall–Kier alpha value is -2.32. The van der Waals surface area contributed by atoms with Crippen molar-refractivity contribution in [3.63, 3.8) is 0 Å². The van der Waals surface area contributed by atoms with Crippen LogP contribution in [0.25, 0.3) is 5.57 Å². The minimum Gasteiger partial charge on any atom is -0.374 e. The van der Waals surface area contributed by atoms with Crippen molar-refractivity contribution in [3.05, 3.63) is 88.1 Å². The molecule has 0 saturated carbocycles. The third-order valence-electron chi connectivity index (χ3n) is 5.49. The Balaban J connectivity index is 1.65. The van der Waals surface area contributed by atoms with Crippen molar-refractivity contribution in [3.8, 4) is 0 Å². The van der Waals surface area contributed by atoms with Crippen LogP contribution < -0.4 is 0 Å². The topological polar surface area (TPSA) is 20.3 Å². The predicted molar refractivity (Wildman–Crippen MR) is 112 cm³/mol. The van der Waals surface area contributed by atoms with E-state index in [2.05, 4.69) is 29.2 Å². The van der Waals surface area contributed by atoms with Crippen LogP contribution in [0.1, 0.15) is 47.2 Å². The van der Waals surface area contributed by atoms with Crippen LogP contribution in [0.2, 0.25) is 5.02 Å². The van der Waals surface area contributed by atoms with Gasteiger partial charge in [-0.3, -0.25) is 4.79 Å². The molecule has 0 amide bonds. The smallest absolute Gasteiger partial charge is 0.185 e. The normalized spacial score (nSPS) is 17.3. The van der Waals surface area contributed by atoms with E-state index >= 15 is 0 Å². The molecule has 1 aliphatic heterocycles. The van der Waals surface area contributed by atoms with Crippen LogP contribution in [-0.2, 0) is 6.42 Å². The Morgan fingerprint density at radius 2 is 1.63 bits per heavy atom. The zero-order valence-corrected chi connectivity index (χ0v) is 16.2. The van der Waals surface area contributed by atoms with Gasteiger partial charge in [-0.25, -0.2) is 0 Å². The van der Waals surface area contributed by atoms with E-state index in [4.69, 9.17) is 11.6 Å². The number of hydrogen-bond donors (Lipinski definition) is 0. The fourth-order valence-electron chi connectivity index (χ4n) is 4.05. The van der Waals surface area contributed by atoms with E-state index in [1.54, 1.807) is 30.3 Å². The maximum absolute atomic E-state index is 12.6. The third-order valence-corrected chi connectivity index (χ3v) is 5.75. The summed E-state index contributed by atoms with van der Waals surface area (Å²) in [4.78, 5) is 15.1. The van der Waals surface area contributed by atoms with Gasteiger partial charge in [0.05, 0.1) is 0 Å². The number of halogens is 1. The molecular formula is C24H24ClNO. The van der Waals surface area contributed by atoms with Crippen molar-refractivity contribution in [2.24, 2.45) is 0 Å². The van der Waals surface area contributed by atoms with E-state index in [0.717, 1.165) is 19.5 Å². The second-order valence-corrected chi connectivity index (χ2v) is 7.74. The average molecular weight is 378 g/mol. The molecular weight excluding hydrogens is 354 g/mol. The standard InChI is InChI=1S/C24H24ClNO/c25-20-11-9-18(10-12-20)24(27)14-13-22-21-8-4-3-7-19(21)17-23(22)26-15-5-1-2-6-16-26/h3-4,7-14H,1-2,5-6,15-17H2/b14-13+. The zero-order chi connectivity index (χ0) is 18.6. The summed E-state index contributed by atoms with van der Waals surface area (Å²) in [6.45, 7) is 2.23. The summed E-state index contributed by atoms with van der Waals surface area (Å²) < 4.78 is 0. The van der Waals surface area contributed by atoms with Crippen LogP contribution in [0.3, 0.4) is 0 Å². The highest BCUT2D eigenvalue weighted by molar-refractivity contribution is 6.30. The molecule has 4 rings (SSSR count). The van der Waals surface area contributed by atoms with E-state index < -0.39 is 0 Å². The Morgan fingerprint density at radius 1 is 0.926 bits per heavy atom. The summed E-state index contributed by atoms with van der Waals surface area (Å²) in [6.07, 6.45) is 9.82. The molecule has 1 aliphatic carbocycles. The number of likely N-dealkylation sites (tertiary alicyclic amines) is 1. The molecule has 1 heterocycles. The highest BCUT2D eigenvalue weighted by atomic mass is 35.5. The molecule has 2 aromatic rings. The molecule has 1 saturated heterocycles. The fraction of sp³-hybridized carbons (Fsp3) is 0.292. The molecule has 3 heteroatoms. The van der Waals surface area contributed by atoms with Gasteiger partial charge in [0.1, 0.15) is 0 Å². The first kappa shape index (κ1) is 18.1. The molecule has 0 aromatic heterocycles. The maximum Gasteiger partial charge on any atom is 0.185 e. The lowest BCUT2D eigenvalue weighted by Crippen LogP contribution is -2.24. The van der Waals surface area contributed by atoms with Crippen LogP contribution >= 0.6 is 11.6 Å². The van der Waals surface area contributed by atoms with Crippen molar-refractivity contribution in [2.45, 2.75) is 32.1 Å². The Morgan fingerprint density at radius 3 is 2.37 bits per heavy atom. The van der Waals surface area contributed by atoms with Crippen LogP contribution in [0.15, 0.2) is 66.4 Å². The summed E-state index contributed by atoms with van der Waals surface area (Å²) in [5, 5.41) is 0.645. The van der Waals surface area contributed by atoms with E-state index in [9.17, 15) is 4.79 Å². The Labute approximate surface area is 166 Å². The number of hydrogen-bond acceptors (Lipinski definition) is 2. The number of ketones is 1. The van der Waals surface area contributed by atoms with Crippen molar-refractivity contribution in [2.75, 3.05) is 13.1 Å². The SMILES string of the molecule is O=C(/C=C/C1=C(N2CCCCCC2)Cc2ccccc21)c1ccc(Cl)cc1. The van der Waals surface area contributed by atoms with Gasteiger partial charge in [-0.15, -0.1) is 0 Å². The van der Waals surface area contributed by atoms with E-state index in [1.165, 1.54) is 48.1 Å². The molecule has 0 radical (unpaired) electrons. The van der Waals surface area contributed by atoms with Crippen LogP contribution in [0.4, 0.5) is 0 Å². The average Bonchev–Trinajstić information content (AvgIpc) is 2.86. The lowest BCUT2D eigenvalue weighted by molar-refractivity contribution is 0.104. The minimum atomic E-state index is 0.0127. The number of rotatable bonds is 4. The van der Waals surface area contributed by atoms with Crippen molar-refractivity contribution < 1.29 is 4.79 Å². The molecule has 27 heavy (non-hydrogen) atoms. The first-order chi connectivity index (χ1) is 13.2. The van der Waals surface area contributed by atoms with Gasteiger partial charge in [0.2, 0.25) is 0 Å². The summed E-state index contributed by atoms with van der Waals surface area (Å²) in [6, 6.07) is 15.6. The highest BCUT2D eigenvalue weighted by Gasteiger charge is 2.24. The number of carbonyl (C=O) groups excluding carboxylic acids is 1. The summed E-state index contributed by atoms with van der Waals surface area (Å²) in [5.74, 6) is 0.0127. The number of nitrogens with zero attached hydrogens (tertiary/aromatic N) is 1. The van der Waals surface area contributed by atoms with Crippen LogP contribution in [0.5, 0.6) is 0 Å². The molecule has 0 atom stereocenters. The Bertz CT molecular complexity index is 887. The number of benzene rings is 2. The van der Waals surface area contributed by atoms with Crippen LogP contribution in [-0.4, -0.2) is 23.8 Å². The summed E-state index contributed by atoms with van der Waals surface area (Å²) >= 11 is 5.93. The molecule has 2 aliphatic rings. The molecule has 0 N–H and O–H groups in total. The minimum absolute atomic E-state index is 0.0127. The number of carbonyl (C=O) groups is 1. The molecule has 0 unspecified atom stereocenters. The van der Waals surface area contributed by atoms with Gasteiger partial charge in [0.25, 0.3) is 0 Å². The third kappa shape index (κ3) is 4.01. The fourth-order valence-corrected chi connectivity index (χ4v) is 4.17. The first-order valence-corrected chi connectivity index (χ1v) is 10.1. The highest BCUT2D eigenvalue weighted by Crippen LogP contribution is 2.36. The van der Waals surface area contributed by atoms with Gasteiger partial charge in [-0.1, -0.05) is 48.7 Å². The van der Waals surface area contributed by atoms with Crippen molar-refractivity contribution in [1.82, 2.24) is 4.90 Å². The van der Waals surface area contributed by atoms with Crippen molar-refractivity contribution in [1.29, 1.82) is 0 Å². The lowest BCUT2D eigenvalue weighted by atomic mass is 10.0. The van der Waals surface area contributed by atoms with Gasteiger partial charge in [-0.2, -0.15) is 0 Å². The van der Waals surface area contributed by atoms with E-state index in [1.807, 2.05) is 6.08 Å². The number of allylic oxidation sites excluding steroid dienone is 4. The summed E-state index contributed by atoms with van der Waals surface area (Å²) in [5.41, 5.74) is 5.86. The van der Waals surface area contributed by atoms with Gasteiger partial charge >= 0.3 is 0 Å². The second kappa shape index (κ2) is 8.14. The van der Waals surface area contributed by atoms with E-state index in [-0.39, 0.29) is 5.78 Å². The van der Waals surface area contributed by atoms with Gasteiger partial charge in [0.15, 0.2) is 5.78 Å². The van der Waals surface area contributed by atoms with Gasteiger partial charge in [0, 0.05) is 41.4 Å². The zero-order valence-electron chi connectivity index (χ0n) is 15.5. The maximum atomic E-state index is 12.6. The monoisotopic (exact) mass is 377 g/mol. The molecule has 0 bridgehead atoms. The quantitative estimate of drug-likeness (QED) is 0.486. The molecule has 138 valence electrons. The van der Waals surface area contributed by atoms with Crippen molar-refractivity contribution >= 4 is 23.0 Å². The second-order valence-electron chi connectivity index (χ2n) is 7.30. The molecule has 1 fully saturated rings. The largest absolute Gasteiger partial charge is 0.374 e. The molecule has 2 aromatic carbocycles. The van der Waals surface area contributed by atoms with Crippen LogP contribution in [0, 0.1) is 0 Å². The lowest BCUT2D eigenvalue weighted by Gasteiger charge is -2.25. The molecule has 2 nitrogen and oxygen atoms in total. The molecule has 0 spiro atoms. The predicted octanol–water partition coefficient (Wildman–Crippen LogP) is 5.92. The van der Waals surface area contributed by atoms with E-state index in [0.29, 0.717) is 10.6 Å². The summed E-state index contributed by atoms with van der Waals surface area (Å²) in [7, 11) is 0. The van der Waals surface area contributed by atoms with Gasteiger partial charge in [-0.05, 0) is 60.4 Å².